The van der Waals surface area contributed by atoms with Crippen LogP contribution in [0, 0.1) is 0 Å². The van der Waals surface area contributed by atoms with Crippen LogP contribution in [0.1, 0.15) is 36.2 Å². The zero-order valence-electron chi connectivity index (χ0n) is 14.5. The summed E-state index contributed by atoms with van der Waals surface area (Å²) in [5, 5.41) is 2.79. The van der Waals surface area contributed by atoms with Gasteiger partial charge in [-0.2, -0.15) is 0 Å². The predicted octanol–water partition coefficient (Wildman–Crippen LogP) is 1.97. The van der Waals surface area contributed by atoms with Gasteiger partial charge in [-0.3, -0.25) is 9.59 Å². The standard InChI is InChI=1S/C18H27NO5/c1-3-17(20)14-24-12-11-23-10-9-19-18(21)16-7-5-15(6-8-16)13-22-4-2/h5-8H,3-4,9-14H2,1-2H3,(H,19,21). The Labute approximate surface area is 143 Å². The van der Waals surface area contributed by atoms with E-state index in [9.17, 15) is 9.59 Å². The number of amides is 1. The van der Waals surface area contributed by atoms with Crippen LogP contribution in [0.3, 0.4) is 0 Å². The van der Waals surface area contributed by atoms with Gasteiger partial charge >= 0.3 is 0 Å². The molecular formula is C18H27NO5. The van der Waals surface area contributed by atoms with Crippen molar-refractivity contribution in [2.45, 2.75) is 26.9 Å². The van der Waals surface area contributed by atoms with E-state index in [1.165, 1.54) is 0 Å². The van der Waals surface area contributed by atoms with Gasteiger partial charge in [0.25, 0.3) is 5.91 Å². The van der Waals surface area contributed by atoms with E-state index in [0.29, 0.717) is 51.6 Å². The Morgan fingerprint density at radius 3 is 2.33 bits per heavy atom. The van der Waals surface area contributed by atoms with Gasteiger partial charge in [0.1, 0.15) is 6.61 Å². The zero-order chi connectivity index (χ0) is 17.6. The Morgan fingerprint density at radius 2 is 1.67 bits per heavy atom. The molecule has 0 atom stereocenters. The quantitative estimate of drug-likeness (QED) is 0.557. The topological polar surface area (TPSA) is 73.9 Å². The number of hydrogen-bond acceptors (Lipinski definition) is 5. The van der Waals surface area contributed by atoms with Crippen molar-refractivity contribution in [3.63, 3.8) is 0 Å². The minimum atomic E-state index is -0.133. The van der Waals surface area contributed by atoms with Crippen molar-refractivity contribution in [3.05, 3.63) is 35.4 Å². The van der Waals surface area contributed by atoms with E-state index in [0.717, 1.165) is 5.56 Å². The average Bonchev–Trinajstić information content (AvgIpc) is 2.62. The number of rotatable bonds is 13. The smallest absolute Gasteiger partial charge is 0.251 e. The fourth-order valence-corrected chi connectivity index (χ4v) is 1.82. The van der Waals surface area contributed by atoms with E-state index in [1.54, 1.807) is 19.1 Å². The Kier molecular flexibility index (Phi) is 10.7. The molecule has 0 heterocycles. The van der Waals surface area contributed by atoms with Crippen molar-refractivity contribution < 1.29 is 23.8 Å². The van der Waals surface area contributed by atoms with Crippen molar-refractivity contribution in [1.29, 1.82) is 0 Å². The van der Waals surface area contributed by atoms with Crippen LogP contribution in [-0.4, -0.2) is 51.3 Å². The van der Waals surface area contributed by atoms with Gasteiger partial charge in [-0.25, -0.2) is 0 Å². The molecular weight excluding hydrogens is 310 g/mol. The first-order valence-electron chi connectivity index (χ1n) is 8.29. The van der Waals surface area contributed by atoms with E-state index in [2.05, 4.69) is 5.32 Å². The number of Topliss-reactive ketones (excluding diaryl/α,β-unsaturated/α-hetero) is 1. The van der Waals surface area contributed by atoms with Gasteiger partial charge in [0.05, 0.1) is 26.4 Å². The fourth-order valence-electron chi connectivity index (χ4n) is 1.82. The van der Waals surface area contributed by atoms with E-state index in [4.69, 9.17) is 14.2 Å². The fraction of sp³-hybridized carbons (Fsp3) is 0.556. The molecule has 134 valence electrons. The summed E-state index contributed by atoms with van der Waals surface area (Å²) in [6, 6.07) is 7.33. The SMILES string of the molecule is CCOCc1ccc(C(=O)NCCOCCOCC(=O)CC)cc1. The third-order valence-corrected chi connectivity index (χ3v) is 3.25. The number of benzene rings is 1. The highest BCUT2D eigenvalue weighted by molar-refractivity contribution is 5.94. The summed E-state index contributed by atoms with van der Waals surface area (Å²) in [6.45, 7) is 6.71. The Hall–Kier alpha value is -1.76. The third-order valence-electron chi connectivity index (χ3n) is 3.25. The Balaban J connectivity index is 2.10. The maximum absolute atomic E-state index is 12.0. The molecule has 0 aliphatic carbocycles. The Bertz CT molecular complexity index is 487. The lowest BCUT2D eigenvalue weighted by Gasteiger charge is -2.08. The van der Waals surface area contributed by atoms with Crippen molar-refractivity contribution >= 4 is 11.7 Å². The van der Waals surface area contributed by atoms with Crippen LogP contribution < -0.4 is 5.32 Å². The van der Waals surface area contributed by atoms with Crippen molar-refractivity contribution in [3.8, 4) is 0 Å². The van der Waals surface area contributed by atoms with E-state index >= 15 is 0 Å². The van der Waals surface area contributed by atoms with E-state index in [1.807, 2.05) is 19.1 Å². The summed E-state index contributed by atoms with van der Waals surface area (Å²) >= 11 is 0. The first-order valence-corrected chi connectivity index (χ1v) is 8.29. The summed E-state index contributed by atoms with van der Waals surface area (Å²) < 4.78 is 15.8. The number of nitrogens with one attached hydrogen (secondary N) is 1. The molecule has 1 aromatic carbocycles. The third kappa shape index (κ3) is 8.76. The van der Waals surface area contributed by atoms with Crippen LogP contribution in [0.4, 0.5) is 0 Å². The maximum Gasteiger partial charge on any atom is 0.251 e. The highest BCUT2D eigenvalue weighted by Gasteiger charge is 2.04. The molecule has 0 aliphatic rings. The normalized spacial score (nSPS) is 10.6. The van der Waals surface area contributed by atoms with Gasteiger partial charge in [-0.15, -0.1) is 0 Å². The maximum atomic E-state index is 12.0. The van der Waals surface area contributed by atoms with Crippen LogP contribution in [0.2, 0.25) is 0 Å². The molecule has 0 saturated heterocycles. The molecule has 6 heteroatoms. The highest BCUT2D eigenvalue weighted by Crippen LogP contribution is 2.05. The van der Waals surface area contributed by atoms with Crippen molar-refractivity contribution in [2.75, 3.05) is 39.6 Å². The zero-order valence-corrected chi connectivity index (χ0v) is 14.5. The lowest BCUT2D eigenvalue weighted by Crippen LogP contribution is -2.27. The molecule has 1 rings (SSSR count). The second-order valence-electron chi connectivity index (χ2n) is 5.15. The molecule has 0 radical (unpaired) electrons. The van der Waals surface area contributed by atoms with Gasteiger partial charge in [0, 0.05) is 25.1 Å². The second kappa shape index (κ2) is 12.6. The lowest BCUT2D eigenvalue weighted by molar-refractivity contribution is -0.123. The lowest BCUT2D eigenvalue weighted by atomic mass is 10.1. The van der Waals surface area contributed by atoms with E-state index < -0.39 is 0 Å². The molecule has 1 aromatic rings. The summed E-state index contributed by atoms with van der Waals surface area (Å²) in [4.78, 5) is 23.0. The largest absolute Gasteiger partial charge is 0.377 e. The molecule has 0 spiro atoms. The molecule has 24 heavy (non-hydrogen) atoms. The monoisotopic (exact) mass is 337 g/mol. The molecule has 6 nitrogen and oxygen atoms in total. The number of hydrogen-bond donors (Lipinski definition) is 1. The molecule has 0 aliphatic heterocycles. The summed E-state index contributed by atoms with van der Waals surface area (Å²) in [7, 11) is 0. The molecule has 0 saturated carbocycles. The summed E-state index contributed by atoms with van der Waals surface area (Å²) in [6.07, 6.45) is 0.486. The van der Waals surface area contributed by atoms with Crippen LogP contribution in [0.25, 0.3) is 0 Å². The van der Waals surface area contributed by atoms with Crippen LogP contribution in [0.5, 0.6) is 0 Å². The minimum absolute atomic E-state index is 0.0783. The first kappa shape index (κ1) is 20.3. The van der Waals surface area contributed by atoms with Crippen LogP contribution in [0.15, 0.2) is 24.3 Å². The van der Waals surface area contributed by atoms with Gasteiger partial charge in [-0.1, -0.05) is 19.1 Å². The van der Waals surface area contributed by atoms with Gasteiger partial charge in [-0.05, 0) is 24.6 Å². The highest BCUT2D eigenvalue weighted by atomic mass is 16.5. The number of carbonyl (C=O) groups is 2. The predicted molar refractivity (Wildman–Crippen MR) is 91.0 cm³/mol. The summed E-state index contributed by atoms with van der Waals surface area (Å²) in [5.74, 6) is -0.0547. The number of ketones is 1. The number of ether oxygens (including phenoxy) is 3. The van der Waals surface area contributed by atoms with Gasteiger partial charge in [0.2, 0.25) is 0 Å². The molecule has 0 aromatic heterocycles. The molecule has 0 bridgehead atoms. The second-order valence-corrected chi connectivity index (χ2v) is 5.15. The van der Waals surface area contributed by atoms with Gasteiger partial charge in [0.15, 0.2) is 5.78 Å². The van der Waals surface area contributed by atoms with Crippen LogP contribution >= 0.6 is 0 Å². The first-order chi connectivity index (χ1) is 11.7. The van der Waals surface area contributed by atoms with Crippen molar-refractivity contribution in [2.24, 2.45) is 0 Å². The van der Waals surface area contributed by atoms with Crippen LogP contribution in [-0.2, 0) is 25.6 Å². The van der Waals surface area contributed by atoms with Crippen molar-refractivity contribution in [1.82, 2.24) is 5.32 Å². The van der Waals surface area contributed by atoms with E-state index in [-0.39, 0.29) is 18.3 Å². The molecule has 0 unspecified atom stereocenters. The minimum Gasteiger partial charge on any atom is -0.377 e. The summed E-state index contributed by atoms with van der Waals surface area (Å²) in [5.41, 5.74) is 1.65. The van der Waals surface area contributed by atoms with Gasteiger partial charge < -0.3 is 19.5 Å². The molecule has 0 fully saturated rings. The molecule has 1 N–H and O–H groups in total. The molecule has 1 amide bonds. The average molecular weight is 337 g/mol. The number of carbonyl (C=O) groups excluding carboxylic acids is 2. The Morgan fingerprint density at radius 1 is 0.958 bits per heavy atom.